The van der Waals surface area contributed by atoms with Crippen molar-refractivity contribution in [1.82, 2.24) is 15.3 Å². The molecule has 1 aliphatic heterocycles. The largest absolute Gasteiger partial charge is 0.491 e. The molecule has 2 aromatic rings. The van der Waals surface area contributed by atoms with Crippen molar-refractivity contribution < 1.29 is 9.53 Å². The fourth-order valence-corrected chi connectivity index (χ4v) is 3.10. The molecule has 132 valence electrons. The van der Waals surface area contributed by atoms with Gasteiger partial charge in [-0.2, -0.15) is 0 Å². The van der Waals surface area contributed by atoms with Crippen LogP contribution in [0.25, 0.3) is 0 Å². The highest BCUT2D eigenvalue weighted by Crippen LogP contribution is 2.24. The number of hydrogen-bond donors (Lipinski definition) is 1. The Balaban J connectivity index is 1.71. The minimum atomic E-state index is -0.130. The molecule has 0 atom stereocenters. The number of hydrogen-bond acceptors (Lipinski definition) is 5. The first kappa shape index (κ1) is 17.5. The smallest absolute Gasteiger partial charge is 0.270 e. The summed E-state index contributed by atoms with van der Waals surface area (Å²) in [6.45, 7) is 5.52. The fourth-order valence-electron chi connectivity index (χ4n) is 2.87. The van der Waals surface area contributed by atoms with Crippen LogP contribution in [0.5, 0.6) is 5.75 Å². The average molecular weight is 361 g/mol. The topological polar surface area (TPSA) is 67.3 Å². The highest BCUT2D eigenvalue weighted by Gasteiger charge is 2.24. The third kappa shape index (κ3) is 3.85. The van der Waals surface area contributed by atoms with Gasteiger partial charge >= 0.3 is 0 Å². The molecule has 7 heteroatoms. The molecular formula is C18H21ClN4O2. The average Bonchev–Trinajstić information content (AvgIpc) is 2.57. The number of amides is 1. The minimum absolute atomic E-state index is 0.130. The third-order valence-corrected chi connectivity index (χ3v) is 4.39. The molecule has 1 aromatic heterocycles. The second kappa shape index (κ2) is 7.27. The molecule has 0 bridgehead atoms. The van der Waals surface area contributed by atoms with E-state index in [4.69, 9.17) is 16.3 Å². The first-order valence-corrected chi connectivity index (χ1v) is 8.59. The molecule has 25 heavy (non-hydrogen) atoms. The van der Waals surface area contributed by atoms with E-state index in [1.54, 1.807) is 6.92 Å². The molecular weight excluding hydrogens is 340 g/mol. The van der Waals surface area contributed by atoms with Crippen molar-refractivity contribution in [1.29, 1.82) is 0 Å². The number of halogens is 1. The minimum Gasteiger partial charge on any atom is -0.491 e. The van der Waals surface area contributed by atoms with Crippen molar-refractivity contribution in [2.45, 2.75) is 20.3 Å². The normalized spacial score (nSPS) is 13.2. The van der Waals surface area contributed by atoms with E-state index in [2.05, 4.69) is 15.3 Å². The number of anilines is 1. The molecule has 0 unspecified atom stereocenters. The van der Waals surface area contributed by atoms with Crippen molar-refractivity contribution in [2.24, 2.45) is 0 Å². The lowest BCUT2D eigenvalue weighted by atomic mass is 10.1. The lowest BCUT2D eigenvalue weighted by Crippen LogP contribution is -2.36. The van der Waals surface area contributed by atoms with E-state index in [1.165, 1.54) is 0 Å². The standard InChI is InChI=1S/C18H21ClN4O2/c1-11-10-13(19)4-5-15(11)25-9-8-23(3)17-14-6-7-20-18(24)16(14)21-12(2)22-17/h4-5,10H,6-9H2,1-3H3,(H,20,24). The maximum atomic E-state index is 12.0. The molecule has 1 aliphatic rings. The number of aryl methyl sites for hydroxylation is 2. The van der Waals surface area contributed by atoms with Crippen LogP contribution in [0.2, 0.25) is 5.02 Å². The van der Waals surface area contributed by atoms with Gasteiger partial charge in [-0.1, -0.05) is 11.6 Å². The quantitative estimate of drug-likeness (QED) is 0.887. The Morgan fingerprint density at radius 1 is 1.32 bits per heavy atom. The number of carbonyl (C=O) groups excluding carboxylic acids is 1. The lowest BCUT2D eigenvalue weighted by Gasteiger charge is -2.25. The zero-order valence-corrected chi connectivity index (χ0v) is 15.4. The van der Waals surface area contributed by atoms with Gasteiger partial charge in [0.1, 0.15) is 29.7 Å². The van der Waals surface area contributed by atoms with Crippen molar-refractivity contribution in [3.63, 3.8) is 0 Å². The second-order valence-electron chi connectivity index (χ2n) is 6.11. The maximum Gasteiger partial charge on any atom is 0.270 e. The number of aromatic nitrogens is 2. The van der Waals surface area contributed by atoms with Crippen LogP contribution in [0.4, 0.5) is 5.82 Å². The predicted octanol–water partition coefficient (Wildman–Crippen LogP) is 2.55. The molecule has 0 aliphatic carbocycles. The van der Waals surface area contributed by atoms with Crippen LogP contribution < -0.4 is 15.0 Å². The summed E-state index contributed by atoms with van der Waals surface area (Å²) in [6, 6.07) is 5.57. The number of benzene rings is 1. The van der Waals surface area contributed by atoms with Crippen molar-refractivity contribution in [3.8, 4) is 5.75 Å². The van der Waals surface area contributed by atoms with Gasteiger partial charge < -0.3 is 15.0 Å². The SMILES string of the molecule is Cc1nc2c(c(N(C)CCOc3ccc(Cl)cc3C)n1)CCNC2=O. The zero-order chi connectivity index (χ0) is 18.0. The Kier molecular flexibility index (Phi) is 5.08. The van der Waals surface area contributed by atoms with Crippen LogP contribution in [-0.4, -0.2) is 42.6 Å². The van der Waals surface area contributed by atoms with Gasteiger partial charge in [-0.25, -0.2) is 9.97 Å². The van der Waals surface area contributed by atoms with Gasteiger partial charge in [-0.3, -0.25) is 4.79 Å². The van der Waals surface area contributed by atoms with Gasteiger partial charge in [-0.15, -0.1) is 0 Å². The number of fused-ring (bicyclic) bond motifs is 1. The number of rotatable bonds is 5. The third-order valence-electron chi connectivity index (χ3n) is 4.16. The van der Waals surface area contributed by atoms with E-state index >= 15 is 0 Å². The maximum absolute atomic E-state index is 12.0. The molecule has 0 saturated carbocycles. The summed E-state index contributed by atoms with van der Waals surface area (Å²) in [7, 11) is 1.95. The summed E-state index contributed by atoms with van der Waals surface area (Å²) in [6.07, 6.45) is 0.734. The number of ether oxygens (including phenoxy) is 1. The number of nitrogens with zero attached hydrogens (tertiary/aromatic N) is 3. The monoisotopic (exact) mass is 360 g/mol. The number of likely N-dealkylation sites (N-methyl/N-ethyl adjacent to an activating group) is 1. The summed E-state index contributed by atoms with van der Waals surface area (Å²) in [4.78, 5) is 22.9. The van der Waals surface area contributed by atoms with Gasteiger partial charge in [0.2, 0.25) is 0 Å². The Hall–Kier alpha value is -2.34. The molecule has 6 nitrogen and oxygen atoms in total. The Morgan fingerprint density at radius 2 is 2.12 bits per heavy atom. The van der Waals surface area contributed by atoms with Crippen LogP contribution in [0.3, 0.4) is 0 Å². The summed E-state index contributed by atoms with van der Waals surface area (Å²) in [5.41, 5.74) is 2.39. The van der Waals surface area contributed by atoms with Gasteiger partial charge in [0.15, 0.2) is 0 Å². The summed E-state index contributed by atoms with van der Waals surface area (Å²) < 4.78 is 5.86. The Morgan fingerprint density at radius 3 is 2.88 bits per heavy atom. The summed E-state index contributed by atoms with van der Waals surface area (Å²) >= 11 is 5.96. The van der Waals surface area contributed by atoms with Gasteiger partial charge in [0.05, 0.1) is 6.54 Å². The van der Waals surface area contributed by atoms with Gasteiger partial charge in [0, 0.05) is 24.2 Å². The fraction of sp³-hybridized carbons (Fsp3) is 0.389. The van der Waals surface area contributed by atoms with E-state index in [1.807, 2.05) is 37.1 Å². The second-order valence-corrected chi connectivity index (χ2v) is 6.54. The molecule has 0 radical (unpaired) electrons. The zero-order valence-electron chi connectivity index (χ0n) is 14.6. The highest BCUT2D eigenvalue weighted by molar-refractivity contribution is 6.30. The van der Waals surface area contributed by atoms with E-state index in [9.17, 15) is 4.79 Å². The van der Waals surface area contributed by atoms with E-state index in [0.29, 0.717) is 36.2 Å². The van der Waals surface area contributed by atoms with E-state index in [0.717, 1.165) is 29.1 Å². The Labute approximate surface area is 152 Å². The molecule has 1 amide bonds. The van der Waals surface area contributed by atoms with E-state index < -0.39 is 0 Å². The molecule has 0 fully saturated rings. The highest BCUT2D eigenvalue weighted by atomic mass is 35.5. The first-order valence-electron chi connectivity index (χ1n) is 8.21. The van der Waals surface area contributed by atoms with Gasteiger partial charge in [-0.05, 0) is 44.0 Å². The molecule has 1 N–H and O–H groups in total. The lowest BCUT2D eigenvalue weighted by molar-refractivity contribution is 0.0940. The number of carbonyl (C=O) groups is 1. The molecule has 0 spiro atoms. The van der Waals surface area contributed by atoms with Crippen molar-refractivity contribution >= 4 is 23.3 Å². The predicted molar refractivity (Wildman–Crippen MR) is 97.8 cm³/mol. The summed E-state index contributed by atoms with van der Waals surface area (Å²) in [5, 5.41) is 3.52. The van der Waals surface area contributed by atoms with Crippen LogP contribution in [-0.2, 0) is 6.42 Å². The molecule has 0 saturated heterocycles. The van der Waals surface area contributed by atoms with Crippen molar-refractivity contribution in [3.05, 3.63) is 45.9 Å². The first-order chi connectivity index (χ1) is 12.0. The Bertz CT molecular complexity index is 810. The molecule has 1 aromatic carbocycles. The molecule has 3 rings (SSSR count). The van der Waals surface area contributed by atoms with E-state index in [-0.39, 0.29) is 5.91 Å². The van der Waals surface area contributed by atoms with Gasteiger partial charge in [0.25, 0.3) is 5.91 Å². The van der Waals surface area contributed by atoms with Crippen LogP contribution in [0.15, 0.2) is 18.2 Å². The summed E-state index contributed by atoms with van der Waals surface area (Å²) in [5.74, 6) is 2.08. The van der Waals surface area contributed by atoms with Crippen molar-refractivity contribution in [2.75, 3.05) is 31.6 Å². The van der Waals surface area contributed by atoms with Crippen LogP contribution in [0.1, 0.15) is 27.4 Å². The number of nitrogens with one attached hydrogen (secondary N) is 1. The van der Waals surface area contributed by atoms with Crippen LogP contribution in [0, 0.1) is 13.8 Å². The van der Waals surface area contributed by atoms with Crippen LogP contribution >= 0.6 is 11.6 Å². The molecule has 2 heterocycles.